The second-order valence-electron chi connectivity index (χ2n) is 10.5. The minimum absolute atomic E-state index is 0.0649. The largest absolute Gasteiger partial charge is 0.454 e. The molecule has 0 bridgehead atoms. The van der Waals surface area contributed by atoms with E-state index in [0.29, 0.717) is 19.1 Å². The summed E-state index contributed by atoms with van der Waals surface area (Å²) in [5.41, 5.74) is 3.74. The first-order chi connectivity index (χ1) is 18.6. The van der Waals surface area contributed by atoms with E-state index in [9.17, 15) is 4.79 Å². The minimum Gasteiger partial charge on any atom is -0.454 e. The average molecular weight is 515 g/mol. The summed E-state index contributed by atoms with van der Waals surface area (Å²) in [6, 6.07) is 14.4. The highest BCUT2D eigenvalue weighted by Crippen LogP contribution is 2.35. The van der Waals surface area contributed by atoms with E-state index in [4.69, 9.17) is 9.47 Å². The fourth-order valence-electron chi connectivity index (χ4n) is 5.87. The van der Waals surface area contributed by atoms with E-state index >= 15 is 0 Å². The number of nitrogens with one attached hydrogen (secondary N) is 1. The molecular weight excluding hydrogens is 480 g/mol. The third-order valence-corrected chi connectivity index (χ3v) is 7.84. The quantitative estimate of drug-likeness (QED) is 0.345. The molecule has 4 aromatic rings. The highest BCUT2D eigenvalue weighted by molar-refractivity contribution is 5.79. The average Bonchev–Trinajstić information content (AvgIpc) is 3.60. The number of fused-ring (bicyclic) bond motifs is 2. The maximum absolute atomic E-state index is 13.2. The van der Waals surface area contributed by atoms with Crippen molar-refractivity contribution in [3.8, 4) is 11.5 Å². The van der Waals surface area contributed by atoms with Gasteiger partial charge in [0.25, 0.3) is 5.56 Å². The van der Waals surface area contributed by atoms with Crippen LogP contribution in [0.4, 0.5) is 0 Å². The van der Waals surface area contributed by atoms with Crippen LogP contribution in [0.5, 0.6) is 11.5 Å². The summed E-state index contributed by atoms with van der Waals surface area (Å²) in [5.74, 6) is 2.38. The topological polar surface area (TPSA) is 98.2 Å². The molecule has 9 nitrogen and oxygen atoms in total. The van der Waals surface area contributed by atoms with Crippen molar-refractivity contribution in [2.75, 3.05) is 6.79 Å². The van der Waals surface area contributed by atoms with Crippen LogP contribution in [0.2, 0.25) is 0 Å². The molecule has 38 heavy (non-hydrogen) atoms. The molecular formula is C29H34N6O3. The number of hydrogen-bond donors (Lipinski definition) is 1. The molecule has 0 spiro atoms. The second-order valence-corrected chi connectivity index (χ2v) is 10.5. The summed E-state index contributed by atoms with van der Waals surface area (Å²) in [4.78, 5) is 18.6. The first-order valence-corrected chi connectivity index (χ1v) is 13.6. The van der Waals surface area contributed by atoms with E-state index in [1.807, 2.05) is 35.0 Å². The van der Waals surface area contributed by atoms with Gasteiger partial charge in [0, 0.05) is 24.2 Å². The van der Waals surface area contributed by atoms with Crippen molar-refractivity contribution in [2.45, 2.75) is 77.5 Å². The summed E-state index contributed by atoms with van der Waals surface area (Å²) in [5, 5.41) is 14.1. The molecule has 6 rings (SSSR count). The number of pyridine rings is 1. The van der Waals surface area contributed by atoms with Crippen LogP contribution >= 0.6 is 0 Å². The smallest absolute Gasteiger partial charge is 0.252 e. The van der Waals surface area contributed by atoms with Crippen LogP contribution in [0.15, 0.2) is 47.3 Å². The Morgan fingerprint density at radius 1 is 1.05 bits per heavy atom. The van der Waals surface area contributed by atoms with E-state index in [-0.39, 0.29) is 18.4 Å². The monoisotopic (exact) mass is 514 g/mol. The van der Waals surface area contributed by atoms with Gasteiger partial charge in [0.2, 0.25) is 6.79 Å². The SMILES string of the molecule is CC[C@@H](c1nnnn1C1CCCCC1)N(Cc1ccc2c(c1)OCO2)Cc1cc2cc(C)ccc2[nH]c1=O. The summed E-state index contributed by atoms with van der Waals surface area (Å²) in [6.07, 6.45) is 6.68. The molecule has 0 amide bonds. The Balaban J connectivity index is 1.38. The third-order valence-electron chi connectivity index (χ3n) is 7.84. The highest BCUT2D eigenvalue weighted by Gasteiger charge is 2.29. The van der Waals surface area contributed by atoms with Crippen LogP contribution in [0.3, 0.4) is 0 Å². The highest BCUT2D eigenvalue weighted by atomic mass is 16.7. The number of aryl methyl sites for hydroxylation is 1. The van der Waals surface area contributed by atoms with Crippen LogP contribution < -0.4 is 15.0 Å². The molecule has 1 aliphatic carbocycles. The van der Waals surface area contributed by atoms with Gasteiger partial charge in [-0.15, -0.1) is 5.10 Å². The van der Waals surface area contributed by atoms with Crippen molar-refractivity contribution in [1.29, 1.82) is 0 Å². The summed E-state index contributed by atoms with van der Waals surface area (Å²) < 4.78 is 13.2. The molecule has 2 aromatic heterocycles. The van der Waals surface area contributed by atoms with Gasteiger partial charge in [-0.25, -0.2) is 4.68 Å². The molecule has 3 heterocycles. The molecule has 198 valence electrons. The van der Waals surface area contributed by atoms with Crippen LogP contribution in [0.25, 0.3) is 10.9 Å². The molecule has 2 aromatic carbocycles. The van der Waals surface area contributed by atoms with Gasteiger partial charge in [0.1, 0.15) is 0 Å². The van der Waals surface area contributed by atoms with Crippen molar-refractivity contribution < 1.29 is 9.47 Å². The van der Waals surface area contributed by atoms with Crippen molar-refractivity contribution in [3.63, 3.8) is 0 Å². The van der Waals surface area contributed by atoms with Gasteiger partial charge in [-0.3, -0.25) is 9.69 Å². The molecule has 2 aliphatic rings. The predicted octanol–water partition coefficient (Wildman–Crippen LogP) is 5.21. The van der Waals surface area contributed by atoms with Gasteiger partial charge < -0.3 is 14.5 Å². The van der Waals surface area contributed by atoms with Gasteiger partial charge in [0.05, 0.1) is 12.1 Å². The Hall–Kier alpha value is -3.72. The lowest BCUT2D eigenvalue weighted by Crippen LogP contribution is -2.33. The van der Waals surface area contributed by atoms with Crippen molar-refractivity contribution in [2.24, 2.45) is 0 Å². The summed E-state index contributed by atoms with van der Waals surface area (Å²) in [7, 11) is 0. The molecule has 1 saturated carbocycles. The lowest BCUT2D eigenvalue weighted by atomic mass is 9.95. The Kier molecular flexibility index (Phi) is 6.84. The molecule has 0 unspecified atom stereocenters. The maximum Gasteiger partial charge on any atom is 0.252 e. The lowest BCUT2D eigenvalue weighted by molar-refractivity contribution is 0.155. The number of aromatic nitrogens is 5. The fraction of sp³-hybridized carbons (Fsp3) is 0.448. The van der Waals surface area contributed by atoms with Crippen LogP contribution in [0.1, 0.15) is 80.0 Å². The number of rotatable bonds is 8. The van der Waals surface area contributed by atoms with E-state index in [1.165, 1.54) is 19.3 Å². The number of aromatic amines is 1. The molecule has 0 radical (unpaired) electrons. The Morgan fingerprint density at radius 2 is 1.89 bits per heavy atom. The van der Waals surface area contributed by atoms with E-state index in [2.05, 4.69) is 51.4 Å². The van der Waals surface area contributed by atoms with Gasteiger partial charge in [-0.1, -0.05) is 43.9 Å². The lowest BCUT2D eigenvalue weighted by Gasteiger charge is -2.32. The minimum atomic E-state index is -0.0706. The zero-order valence-electron chi connectivity index (χ0n) is 22.0. The van der Waals surface area contributed by atoms with Gasteiger partial charge >= 0.3 is 0 Å². The maximum atomic E-state index is 13.2. The molecule has 0 saturated heterocycles. The third kappa shape index (κ3) is 4.90. The standard InChI is InChI=1S/C29H34N6O3/c1-3-25(28-31-32-33-35(28)23-7-5-4-6-8-23)34(16-20-10-12-26-27(14-20)38-18-37-26)17-22-15-21-13-19(2)9-11-24(21)30-29(22)36/h9-15,23,25H,3-8,16-18H2,1-2H3,(H,30,36)/t25-/m0/s1. The van der Waals surface area contributed by atoms with Crippen molar-refractivity contribution in [1.82, 2.24) is 30.1 Å². The second kappa shape index (κ2) is 10.6. The normalized spacial score (nSPS) is 16.4. The zero-order valence-corrected chi connectivity index (χ0v) is 22.0. The van der Waals surface area contributed by atoms with Gasteiger partial charge in [0.15, 0.2) is 17.3 Å². The molecule has 1 fully saturated rings. The number of H-pyrrole nitrogens is 1. The van der Waals surface area contributed by atoms with E-state index in [1.54, 1.807) is 0 Å². The van der Waals surface area contributed by atoms with Crippen molar-refractivity contribution >= 4 is 10.9 Å². The number of benzene rings is 2. The summed E-state index contributed by atoms with van der Waals surface area (Å²) in [6.45, 7) is 5.53. The van der Waals surface area contributed by atoms with E-state index < -0.39 is 0 Å². The number of tetrazole rings is 1. The fourth-order valence-corrected chi connectivity index (χ4v) is 5.87. The zero-order chi connectivity index (χ0) is 26.1. The van der Waals surface area contributed by atoms with Crippen molar-refractivity contribution in [3.05, 3.63) is 75.3 Å². The molecule has 1 aliphatic heterocycles. The molecule has 1 N–H and O–H groups in total. The Morgan fingerprint density at radius 3 is 2.74 bits per heavy atom. The van der Waals surface area contributed by atoms with Gasteiger partial charge in [-0.2, -0.15) is 0 Å². The van der Waals surface area contributed by atoms with Crippen LogP contribution in [-0.2, 0) is 13.1 Å². The number of nitrogens with zero attached hydrogens (tertiary/aromatic N) is 5. The molecule has 9 heteroatoms. The Labute approximate surface area is 221 Å². The summed E-state index contributed by atoms with van der Waals surface area (Å²) >= 11 is 0. The van der Waals surface area contributed by atoms with Crippen LogP contribution in [0, 0.1) is 6.92 Å². The predicted molar refractivity (Wildman–Crippen MR) is 144 cm³/mol. The van der Waals surface area contributed by atoms with Crippen LogP contribution in [-0.4, -0.2) is 36.9 Å². The van der Waals surface area contributed by atoms with Gasteiger partial charge in [-0.05, 0) is 77.9 Å². The first kappa shape index (κ1) is 24.6. The van der Waals surface area contributed by atoms with E-state index in [0.717, 1.165) is 64.2 Å². The first-order valence-electron chi connectivity index (χ1n) is 13.6. The number of hydrogen-bond acceptors (Lipinski definition) is 7. The molecule has 1 atom stereocenters. The Bertz CT molecular complexity index is 1490. The number of ether oxygens (including phenoxy) is 2.